The predicted octanol–water partition coefficient (Wildman–Crippen LogP) is 4.49. The third-order valence-corrected chi connectivity index (χ3v) is 4.51. The van der Waals surface area contributed by atoms with Crippen molar-refractivity contribution in [2.24, 2.45) is 0 Å². The van der Waals surface area contributed by atoms with Crippen molar-refractivity contribution in [3.8, 4) is 5.75 Å². The topological polar surface area (TPSA) is 24.5 Å². The number of halogens is 2. The molecule has 0 unspecified atom stereocenters. The van der Waals surface area contributed by atoms with Crippen molar-refractivity contribution in [3.63, 3.8) is 0 Å². The Morgan fingerprint density at radius 1 is 1.08 bits per heavy atom. The van der Waals surface area contributed by atoms with Crippen molar-refractivity contribution >= 4 is 11.6 Å². The molecule has 3 nitrogen and oxygen atoms in total. The van der Waals surface area contributed by atoms with E-state index in [1.807, 2.05) is 24.3 Å². The van der Waals surface area contributed by atoms with Crippen LogP contribution in [-0.4, -0.2) is 31.1 Å². The van der Waals surface area contributed by atoms with Crippen molar-refractivity contribution < 1.29 is 9.13 Å². The summed E-state index contributed by atoms with van der Waals surface area (Å²) in [6, 6.07) is 12.3. The van der Waals surface area contributed by atoms with Gasteiger partial charge in [0.2, 0.25) is 0 Å². The molecule has 0 heterocycles. The van der Waals surface area contributed by atoms with Crippen LogP contribution in [0.2, 0.25) is 5.02 Å². The van der Waals surface area contributed by atoms with Crippen LogP contribution < -0.4 is 10.1 Å². The van der Waals surface area contributed by atoms with Crippen LogP contribution >= 0.6 is 11.6 Å². The summed E-state index contributed by atoms with van der Waals surface area (Å²) in [6.07, 6.45) is 0. The van der Waals surface area contributed by atoms with Crippen LogP contribution in [0.5, 0.6) is 5.75 Å². The van der Waals surface area contributed by atoms with Crippen LogP contribution in [0.1, 0.15) is 25.0 Å². The monoisotopic (exact) mass is 364 g/mol. The number of hydrogen-bond donors (Lipinski definition) is 1. The maximum Gasteiger partial charge on any atom is 0.124 e. The van der Waals surface area contributed by atoms with Crippen molar-refractivity contribution in [1.82, 2.24) is 10.2 Å². The van der Waals surface area contributed by atoms with Crippen LogP contribution in [-0.2, 0) is 13.2 Å². The van der Waals surface area contributed by atoms with E-state index in [0.29, 0.717) is 11.6 Å². The number of likely N-dealkylation sites (N-methyl/N-ethyl adjacent to an activating group) is 1. The van der Waals surface area contributed by atoms with Gasteiger partial charge in [-0.05, 0) is 42.9 Å². The fourth-order valence-corrected chi connectivity index (χ4v) is 2.73. The number of hydrogen-bond acceptors (Lipinski definition) is 3. The molecule has 0 radical (unpaired) electrons. The minimum Gasteiger partial charge on any atom is -0.489 e. The van der Waals surface area contributed by atoms with E-state index in [-0.39, 0.29) is 5.82 Å². The molecule has 25 heavy (non-hydrogen) atoms. The quantitative estimate of drug-likeness (QED) is 0.629. The Morgan fingerprint density at radius 3 is 2.44 bits per heavy atom. The van der Waals surface area contributed by atoms with Gasteiger partial charge in [-0.3, -0.25) is 0 Å². The van der Waals surface area contributed by atoms with E-state index >= 15 is 0 Å². The highest BCUT2D eigenvalue weighted by Gasteiger charge is 2.04. The first-order valence-corrected chi connectivity index (χ1v) is 9.09. The summed E-state index contributed by atoms with van der Waals surface area (Å²) in [4.78, 5) is 2.39. The highest BCUT2D eigenvalue weighted by atomic mass is 35.5. The lowest BCUT2D eigenvalue weighted by atomic mass is 10.2. The highest BCUT2D eigenvalue weighted by molar-refractivity contribution is 6.31. The van der Waals surface area contributed by atoms with Crippen LogP contribution in [0.3, 0.4) is 0 Å². The first-order valence-electron chi connectivity index (χ1n) is 8.71. The van der Waals surface area contributed by atoms with E-state index in [1.165, 1.54) is 17.7 Å². The van der Waals surface area contributed by atoms with Gasteiger partial charge in [0.05, 0.1) is 5.02 Å². The molecule has 0 atom stereocenters. The van der Waals surface area contributed by atoms with E-state index in [4.69, 9.17) is 16.3 Å². The Kier molecular flexibility index (Phi) is 8.19. The van der Waals surface area contributed by atoms with Gasteiger partial charge in [-0.15, -0.1) is 0 Å². The number of rotatable bonds is 10. The second-order valence-electron chi connectivity index (χ2n) is 5.87. The summed E-state index contributed by atoms with van der Waals surface area (Å²) in [5.74, 6) is 0.430. The molecule has 0 aliphatic heterocycles. The van der Waals surface area contributed by atoms with Crippen molar-refractivity contribution in [2.45, 2.75) is 27.0 Å². The fourth-order valence-electron chi connectivity index (χ4n) is 2.51. The van der Waals surface area contributed by atoms with Crippen molar-refractivity contribution in [1.29, 1.82) is 0 Å². The lowest BCUT2D eigenvalue weighted by molar-refractivity contribution is 0.302. The van der Waals surface area contributed by atoms with Gasteiger partial charge in [-0.25, -0.2) is 4.39 Å². The molecule has 0 saturated heterocycles. The third-order valence-electron chi connectivity index (χ3n) is 4.16. The zero-order valence-corrected chi connectivity index (χ0v) is 15.7. The molecular weight excluding hydrogens is 339 g/mol. The fraction of sp³-hybridized carbons (Fsp3) is 0.400. The maximum atomic E-state index is 13.0. The summed E-state index contributed by atoms with van der Waals surface area (Å²) < 4.78 is 18.8. The molecule has 0 aliphatic rings. The molecular formula is C20H26ClFN2O. The lowest BCUT2D eigenvalue weighted by Crippen LogP contribution is -2.31. The Morgan fingerprint density at radius 2 is 1.80 bits per heavy atom. The molecule has 0 aromatic heterocycles. The van der Waals surface area contributed by atoms with Crippen molar-refractivity contribution in [3.05, 3.63) is 64.4 Å². The number of ether oxygens (including phenoxy) is 1. The molecule has 2 rings (SSSR count). The average Bonchev–Trinajstić information content (AvgIpc) is 2.62. The molecule has 0 spiro atoms. The molecule has 5 heteroatoms. The Bertz CT molecular complexity index is 645. The average molecular weight is 365 g/mol. The minimum atomic E-state index is -0.341. The second-order valence-corrected chi connectivity index (χ2v) is 6.28. The molecule has 0 aliphatic carbocycles. The van der Waals surface area contributed by atoms with Gasteiger partial charge in [0.25, 0.3) is 0 Å². The summed E-state index contributed by atoms with van der Waals surface area (Å²) >= 11 is 6.00. The van der Waals surface area contributed by atoms with Gasteiger partial charge in [-0.1, -0.05) is 43.6 Å². The van der Waals surface area contributed by atoms with E-state index in [2.05, 4.69) is 24.1 Å². The molecule has 1 N–H and O–H groups in total. The predicted molar refractivity (Wildman–Crippen MR) is 102 cm³/mol. The van der Waals surface area contributed by atoms with E-state index in [0.717, 1.165) is 44.0 Å². The van der Waals surface area contributed by atoms with Gasteiger partial charge in [0, 0.05) is 25.2 Å². The molecule has 136 valence electrons. The van der Waals surface area contributed by atoms with Gasteiger partial charge in [0.1, 0.15) is 18.2 Å². The number of benzene rings is 2. The van der Waals surface area contributed by atoms with Crippen molar-refractivity contribution in [2.75, 3.05) is 26.2 Å². The smallest absolute Gasteiger partial charge is 0.124 e. The molecule has 2 aromatic carbocycles. The summed E-state index contributed by atoms with van der Waals surface area (Å²) in [5.41, 5.74) is 1.98. The van der Waals surface area contributed by atoms with Gasteiger partial charge in [-0.2, -0.15) is 0 Å². The van der Waals surface area contributed by atoms with Crippen LogP contribution in [0.25, 0.3) is 0 Å². The van der Waals surface area contributed by atoms with Gasteiger partial charge < -0.3 is 15.0 Å². The Balaban J connectivity index is 1.76. The second kappa shape index (κ2) is 10.4. The normalized spacial score (nSPS) is 11.1. The summed E-state index contributed by atoms with van der Waals surface area (Å²) in [5, 5.41) is 3.84. The zero-order chi connectivity index (χ0) is 18.1. The molecule has 0 amide bonds. The standard InChI is InChI=1S/C20H26ClFN2O/c1-3-24(4-2)12-11-23-14-16-5-9-19(10-6-16)25-15-17-7-8-18(22)13-20(17)21/h5-10,13,23H,3-4,11-12,14-15H2,1-2H3. The molecule has 0 saturated carbocycles. The first kappa shape index (κ1) is 19.7. The summed E-state index contributed by atoms with van der Waals surface area (Å²) in [6.45, 7) is 9.73. The Hall–Kier alpha value is -1.62. The lowest BCUT2D eigenvalue weighted by Gasteiger charge is -2.18. The number of nitrogens with one attached hydrogen (secondary N) is 1. The highest BCUT2D eigenvalue weighted by Crippen LogP contribution is 2.20. The van der Waals surface area contributed by atoms with Crippen LogP contribution in [0.4, 0.5) is 4.39 Å². The number of nitrogens with zero attached hydrogens (tertiary/aromatic N) is 1. The van der Waals surface area contributed by atoms with E-state index < -0.39 is 0 Å². The van der Waals surface area contributed by atoms with E-state index in [9.17, 15) is 4.39 Å². The Labute approximate surface area is 154 Å². The van der Waals surface area contributed by atoms with E-state index in [1.54, 1.807) is 6.07 Å². The van der Waals surface area contributed by atoms with Gasteiger partial charge >= 0.3 is 0 Å². The third kappa shape index (κ3) is 6.65. The minimum absolute atomic E-state index is 0.320. The maximum absolute atomic E-state index is 13.0. The molecule has 0 bridgehead atoms. The van der Waals surface area contributed by atoms with Crippen LogP contribution in [0.15, 0.2) is 42.5 Å². The summed E-state index contributed by atoms with van der Waals surface area (Å²) in [7, 11) is 0. The first-order chi connectivity index (χ1) is 12.1. The largest absolute Gasteiger partial charge is 0.489 e. The van der Waals surface area contributed by atoms with Gasteiger partial charge in [0.15, 0.2) is 0 Å². The zero-order valence-electron chi connectivity index (χ0n) is 14.9. The SMILES string of the molecule is CCN(CC)CCNCc1ccc(OCc2ccc(F)cc2Cl)cc1. The van der Waals surface area contributed by atoms with Crippen LogP contribution in [0, 0.1) is 5.82 Å². The molecule has 0 fully saturated rings. The molecule has 2 aromatic rings.